The molecule has 4 heteroatoms. The van der Waals surface area contributed by atoms with Gasteiger partial charge in [0.2, 0.25) is 5.91 Å². The molecule has 0 aliphatic rings. The summed E-state index contributed by atoms with van der Waals surface area (Å²) >= 11 is 0. The standard InChI is InChI=1S/C14H15N3O/c1-11(18)17(10-12-4-3-7-16-9-12)14-6-2-5-13(15)8-14/h2-9H,10,15H2,1H3. The van der Waals surface area contributed by atoms with Crippen LogP contribution in [0.3, 0.4) is 0 Å². The number of anilines is 2. The molecule has 0 atom stereocenters. The van der Waals surface area contributed by atoms with Crippen LogP contribution in [0.1, 0.15) is 12.5 Å². The van der Waals surface area contributed by atoms with Crippen LogP contribution in [0.5, 0.6) is 0 Å². The fourth-order valence-corrected chi connectivity index (χ4v) is 1.75. The zero-order valence-electron chi connectivity index (χ0n) is 10.2. The number of carbonyl (C=O) groups excluding carboxylic acids is 1. The third-order valence-electron chi connectivity index (χ3n) is 2.63. The number of nitrogens with zero attached hydrogens (tertiary/aromatic N) is 2. The number of benzene rings is 1. The first-order valence-corrected chi connectivity index (χ1v) is 5.69. The Morgan fingerprint density at radius 2 is 2.17 bits per heavy atom. The van der Waals surface area contributed by atoms with Gasteiger partial charge in [-0.1, -0.05) is 12.1 Å². The highest BCUT2D eigenvalue weighted by molar-refractivity contribution is 5.91. The third kappa shape index (κ3) is 2.85. The van der Waals surface area contributed by atoms with Crippen molar-refractivity contribution in [2.45, 2.75) is 13.5 Å². The molecule has 92 valence electrons. The zero-order valence-corrected chi connectivity index (χ0v) is 10.2. The van der Waals surface area contributed by atoms with Crippen LogP contribution in [-0.4, -0.2) is 10.9 Å². The van der Waals surface area contributed by atoms with E-state index in [2.05, 4.69) is 4.98 Å². The molecular weight excluding hydrogens is 226 g/mol. The maximum atomic E-state index is 11.7. The van der Waals surface area contributed by atoms with Crippen molar-refractivity contribution in [3.63, 3.8) is 0 Å². The molecule has 4 nitrogen and oxygen atoms in total. The molecule has 0 saturated carbocycles. The number of carbonyl (C=O) groups is 1. The highest BCUT2D eigenvalue weighted by Crippen LogP contribution is 2.19. The van der Waals surface area contributed by atoms with Crippen molar-refractivity contribution in [2.24, 2.45) is 0 Å². The molecule has 2 rings (SSSR count). The highest BCUT2D eigenvalue weighted by Gasteiger charge is 2.12. The number of hydrogen-bond acceptors (Lipinski definition) is 3. The zero-order chi connectivity index (χ0) is 13.0. The summed E-state index contributed by atoms with van der Waals surface area (Å²) in [4.78, 5) is 17.4. The van der Waals surface area contributed by atoms with Crippen molar-refractivity contribution in [2.75, 3.05) is 10.6 Å². The van der Waals surface area contributed by atoms with E-state index in [9.17, 15) is 4.79 Å². The molecule has 0 aliphatic carbocycles. The predicted molar refractivity (Wildman–Crippen MR) is 72.0 cm³/mol. The van der Waals surface area contributed by atoms with Crippen LogP contribution in [0.4, 0.5) is 11.4 Å². The van der Waals surface area contributed by atoms with Gasteiger partial charge in [0.25, 0.3) is 0 Å². The summed E-state index contributed by atoms with van der Waals surface area (Å²) in [6.45, 7) is 2.03. The third-order valence-corrected chi connectivity index (χ3v) is 2.63. The summed E-state index contributed by atoms with van der Waals surface area (Å²) in [7, 11) is 0. The first-order valence-electron chi connectivity index (χ1n) is 5.69. The molecule has 0 fully saturated rings. The van der Waals surface area contributed by atoms with Gasteiger partial charge in [-0.15, -0.1) is 0 Å². The van der Waals surface area contributed by atoms with Gasteiger partial charge >= 0.3 is 0 Å². The maximum absolute atomic E-state index is 11.7. The van der Waals surface area contributed by atoms with Gasteiger partial charge in [-0.3, -0.25) is 9.78 Å². The van der Waals surface area contributed by atoms with Crippen LogP contribution in [-0.2, 0) is 11.3 Å². The van der Waals surface area contributed by atoms with Gasteiger partial charge in [0.05, 0.1) is 6.54 Å². The molecular formula is C14H15N3O. The first kappa shape index (κ1) is 12.1. The minimum Gasteiger partial charge on any atom is -0.399 e. The number of nitrogen functional groups attached to an aromatic ring is 1. The molecule has 1 aromatic carbocycles. The number of rotatable bonds is 3. The van der Waals surface area contributed by atoms with Crippen LogP contribution in [0.25, 0.3) is 0 Å². The summed E-state index contributed by atoms with van der Waals surface area (Å²) in [6.07, 6.45) is 3.46. The van der Waals surface area contributed by atoms with E-state index in [0.717, 1.165) is 11.3 Å². The second-order valence-corrected chi connectivity index (χ2v) is 4.06. The Morgan fingerprint density at radius 3 is 2.78 bits per heavy atom. The minimum atomic E-state index is -0.0237. The molecule has 2 aromatic rings. The molecule has 1 amide bonds. The Hall–Kier alpha value is -2.36. The molecule has 0 saturated heterocycles. The number of nitrogens with two attached hydrogens (primary N) is 1. The quantitative estimate of drug-likeness (QED) is 0.838. The van der Waals surface area contributed by atoms with Gasteiger partial charge in [-0.05, 0) is 29.8 Å². The summed E-state index contributed by atoms with van der Waals surface area (Å²) < 4.78 is 0. The molecule has 1 heterocycles. The molecule has 0 radical (unpaired) electrons. The van der Waals surface area contributed by atoms with Crippen molar-refractivity contribution in [1.29, 1.82) is 0 Å². The summed E-state index contributed by atoms with van der Waals surface area (Å²) in [5, 5.41) is 0. The Kier molecular flexibility index (Phi) is 3.57. The van der Waals surface area contributed by atoms with Gasteiger partial charge in [-0.2, -0.15) is 0 Å². The lowest BCUT2D eigenvalue weighted by Crippen LogP contribution is -2.27. The van der Waals surface area contributed by atoms with Crippen LogP contribution < -0.4 is 10.6 Å². The molecule has 0 aliphatic heterocycles. The predicted octanol–water partition coefficient (Wildman–Crippen LogP) is 2.22. The monoisotopic (exact) mass is 241 g/mol. The van der Waals surface area contributed by atoms with Gasteiger partial charge < -0.3 is 10.6 Å². The van der Waals surface area contributed by atoms with Gasteiger partial charge in [0.1, 0.15) is 0 Å². The molecule has 0 spiro atoms. The van der Waals surface area contributed by atoms with Gasteiger partial charge in [0.15, 0.2) is 0 Å². The van der Waals surface area contributed by atoms with Gasteiger partial charge in [-0.25, -0.2) is 0 Å². The van der Waals surface area contributed by atoms with Crippen molar-refractivity contribution in [3.8, 4) is 0 Å². The molecule has 1 aromatic heterocycles. The second kappa shape index (κ2) is 5.31. The molecule has 18 heavy (non-hydrogen) atoms. The van der Waals surface area contributed by atoms with E-state index in [1.807, 2.05) is 24.3 Å². The van der Waals surface area contributed by atoms with E-state index in [1.165, 1.54) is 0 Å². The Labute approximate surface area is 106 Å². The normalized spacial score (nSPS) is 10.1. The van der Waals surface area contributed by atoms with Crippen molar-refractivity contribution in [1.82, 2.24) is 4.98 Å². The minimum absolute atomic E-state index is 0.0237. The summed E-state index contributed by atoms with van der Waals surface area (Å²) in [5.74, 6) is -0.0237. The number of hydrogen-bond donors (Lipinski definition) is 1. The van der Waals surface area contributed by atoms with Crippen LogP contribution >= 0.6 is 0 Å². The second-order valence-electron chi connectivity index (χ2n) is 4.06. The molecule has 0 unspecified atom stereocenters. The number of aromatic nitrogens is 1. The Morgan fingerprint density at radius 1 is 1.33 bits per heavy atom. The Bertz CT molecular complexity index is 540. The summed E-state index contributed by atoms with van der Waals surface area (Å²) in [6, 6.07) is 11.1. The van der Waals surface area contributed by atoms with Crippen LogP contribution in [0.2, 0.25) is 0 Å². The van der Waals surface area contributed by atoms with E-state index in [0.29, 0.717) is 12.2 Å². The largest absolute Gasteiger partial charge is 0.399 e. The molecule has 2 N–H and O–H groups in total. The maximum Gasteiger partial charge on any atom is 0.224 e. The van der Waals surface area contributed by atoms with E-state index in [-0.39, 0.29) is 5.91 Å². The lowest BCUT2D eigenvalue weighted by atomic mass is 10.2. The van der Waals surface area contributed by atoms with E-state index >= 15 is 0 Å². The van der Waals surface area contributed by atoms with Crippen LogP contribution in [0, 0.1) is 0 Å². The average molecular weight is 241 g/mol. The van der Waals surface area contributed by atoms with E-state index in [4.69, 9.17) is 5.73 Å². The lowest BCUT2D eigenvalue weighted by molar-refractivity contribution is -0.116. The number of amides is 1. The van der Waals surface area contributed by atoms with Crippen molar-refractivity contribution in [3.05, 3.63) is 54.4 Å². The van der Waals surface area contributed by atoms with Gasteiger partial charge in [0, 0.05) is 30.7 Å². The fraction of sp³-hybridized carbons (Fsp3) is 0.143. The Balaban J connectivity index is 2.27. The summed E-state index contributed by atoms with van der Waals surface area (Å²) in [5.41, 5.74) is 8.16. The number of pyridine rings is 1. The fourth-order valence-electron chi connectivity index (χ4n) is 1.75. The smallest absolute Gasteiger partial charge is 0.224 e. The van der Waals surface area contributed by atoms with Crippen LogP contribution in [0.15, 0.2) is 48.8 Å². The average Bonchev–Trinajstić information content (AvgIpc) is 2.37. The topological polar surface area (TPSA) is 59.2 Å². The highest BCUT2D eigenvalue weighted by atomic mass is 16.2. The molecule has 0 bridgehead atoms. The lowest BCUT2D eigenvalue weighted by Gasteiger charge is -2.21. The SMILES string of the molecule is CC(=O)N(Cc1cccnc1)c1cccc(N)c1. The van der Waals surface area contributed by atoms with E-state index < -0.39 is 0 Å². The van der Waals surface area contributed by atoms with E-state index in [1.54, 1.807) is 36.4 Å². The van der Waals surface area contributed by atoms with Crippen molar-refractivity contribution < 1.29 is 4.79 Å². The first-order chi connectivity index (χ1) is 8.66. The van der Waals surface area contributed by atoms with Crippen molar-refractivity contribution >= 4 is 17.3 Å².